The van der Waals surface area contributed by atoms with E-state index in [-0.39, 0.29) is 18.5 Å². The van der Waals surface area contributed by atoms with Crippen molar-refractivity contribution in [1.29, 1.82) is 0 Å². The summed E-state index contributed by atoms with van der Waals surface area (Å²) in [6.45, 7) is 7.41. The maximum atomic E-state index is 12.6. The number of aromatic nitrogens is 1. The van der Waals surface area contributed by atoms with Crippen LogP contribution in [0.3, 0.4) is 0 Å². The zero-order chi connectivity index (χ0) is 22.7. The summed E-state index contributed by atoms with van der Waals surface area (Å²) < 4.78 is 74.9. The van der Waals surface area contributed by atoms with E-state index < -0.39 is 15.6 Å². The maximum absolute atomic E-state index is 12.6. The highest BCUT2D eigenvalue weighted by Crippen LogP contribution is 2.31. The first-order chi connectivity index (χ1) is 13.9. The van der Waals surface area contributed by atoms with Crippen LogP contribution in [0.2, 0.25) is 0 Å². The Labute approximate surface area is 174 Å². The molecular weight excluding hydrogens is 423 g/mol. The van der Waals surface area contributed by atoms with Crippen LogP contribution in [0.4, 0.5) is 13.2 Å². The minimum atomic E-state index is -5.72. The number of rotatable bonds is 8. The van der Waals surface area contributed by atoms with Crippen LogP contribution in [0.25, 0.3) is 0 Å². The van der Waals surface area contributed by atoms with E-state index in [1.165, 1.54) is 19.2 Å². The molecule has 0 unspecified atom stereocenters. The molecule has 6 nitrogen and oxygen atoms in total. The first-order valence-corrected chi connectivity index (χ1v) is 10.5. The molecule has 0 saturated heterocycles. The zero-order valence-electron chi connectivity index (χ0n) is 17.3. The topological polar surface area (TPSA) is 74.7 Å². The van der Waals surface area contributed by atoms with E-state index >= 15 is 0 Å². The second-order valence-electron chi connectivity index (χ2n) is 7.09. The molecule has 0 spiro atoms. The number of ether oxygens (including phenoxy) is 2. The Balaban J connectivity index is 2.32. The van der Waals surface area contributed by atoms with E-state index in [9.17, 15) is 21.6 Å². The third-order valence-electron chi connectivity index (χ3n) is 4.34. The first kappa shape index (κ1) is 23.9. The zero-order valence-corrected chi connectivity index (χ0v) is 18.1. The molecular formula is C20H24F3NO5S. The van der Waals surface area contributed by atoms with Crippen molar-refractivity contribution in [2.75, 3.05) is 13.9 Å². The number of pyridine rings is 1. The lowest BCUT2D eigenvalue weighted by atomic mass is 9.97. The molecule has 0 bridgehead atoms. The van der Waals surface area contributed by atoms with Crippen molar-refractivity contribution in [3.63, 3.8) is 0 Å². The Morgan fingerprint density at radius 3 is 2.20 bits per heavy atom. The van der Waals surface area contributed by atoms with Crippen LogP contribution in [0.5, 0.6) is 11.5 Å². The van der Waals surface area contributed by atoms with Gasteiger partial charge >= 0.3 is 15.6 Å². The van der Waals surface area contributed by atoms with Crippen molar-refractivity contribution in [3.8, 4) is 11.5 Å². The van der Waals surface area contributed by atoms with Crippen molar-refractivity contribution >= 4 is 10.1 Å². The number of hydrogen-bond acceptors (Lipinski definition) is 6. The highest BCUT2D eigenvalue weighted by atomic mass is 32.2. The average molecular weight is 447 g/mol. The predicted octanol–water partition coefficient (Wildman–Crippen LogP) is 4.62. The summed E-state index contributed by atoms with van der Waals surface area (Å²) in [7, 11) is -4.20. The van der Waals surface area contributed by atoms with Crippen LogP contribution in [-0.4, -0.2) is 32.8 Å². The molecule has 1 heterocycles. The van der Waals surface area contributed by atoms with E-state index in [1.54, 1.807) is 26.0 Å². The summed E-state index contributed by atoms with van der Waals surface area (Å²) in [5, 5.41) is 0. The molecule has 166 valence electrons. The first-order valence-electron chi connectivity index (χ1n) is 9.08. The van der Waals surface area contributed by atoms with Crippen molar-refractivity contribution in [2.24, 2.45) is 0 Å². The summed E-state index contributed by atoms with van der Waals surface area (Å²) in [6, 6.07) is 6.14. The summed E-state index contributed by atoms with van der Waals surface area (Å²) >= 11 is 0. The maximum Gasteiger partial charge on any atom is 0.534 e. The monoisotopic (exact) mass is 447 g/mol. The lowest BCUT2D eigenvalue weighted by molar-refractivity contribution is -0.0500. The molecule has 1 aromatic carbocycles. The molecule has 0 N–H and O–H groups in total. The number of benzene rings is 1. The molecule has 0 aliphatic rings. The van der Waals surface area contributed by atoms with Crippen LogP contribution >= 0.6 is 0 Å². The van der Waals surface area contributed by atoms with Crippen LogP contribution < -0.4 is 8.92 Å². The molecule has 30 heavy (non-hydrogen) atoms. The highest BCUT2D eigenvalue weighted by Gasteiger charge is 2.48. The van der Waals surface area contributed by atoms with Gasteiger partial charge in [0.1, 0.15) is 11.5 Å². The van der Waals surface area contributed by atoms with Gasteiger partial charge in [-0.15, -0.1) is 0 Å². The standard InChI is InChI=1S/C20H24F3NO5S/c1-12(2)19-18(28-11-27-5)7-6-15(24-19)10-17-13(3)8-16(9-14(17)4)29-30(25,26)20(21,22)23/h6-9,12H,10-11H2,1-5H3. The van der Waals surface area contributed by atoms with Crippen LogP contribution in [-0.2, 0) is 21.3 Å². The molecule has 2 rings (SSSR count). The summed E-state index contributed by atoms with van der Waals surface area (Å²) in [5.41, 5.74) is -1.98. The fraction of sp³-hybridized carbons (Fsp3) is 0.450. The summed E-state index contributed by atoms with van der Waals surface area (Å²) in [6.07, 6.45) is 0.411. The van der Waals surface area contributed by atoms with Crippen LogP contribution in [0, 0.1) is 13.8 Å². The van der Waals surface area contributed by atoms with Gasteiger partial charge in [-0.3, -0.25) is 4.98 Å². The van der Waals surface area contributed by atoms with Gasteiger partial charge in [-0.25, -0.2) is 0 Å². The molecule has 0 saturated carbocycles. The number of halogens is 3. The molecule has 0 fully saturated rings. The Bertz CT molecular complexity index is 981. The largest absolute Gasteiger partial charge is 0.534 e. The lowest BCUT2D eigenvalue weighted by Gasteiger charge is -2.16. The number of methoxy groups -OCH3 is 1. The molecule has 0 atom stereocenters. The number of nitrogens with zero attached hydrogens (tertiary/aromatic N) is 1. The van der Waals surface area contributed by atoms with Crippen LogP contribution in [0.15, 0.2) is 24.3 Å². The van der Waals surface area contributed by atoms with Crippen molar-refractivity contribution in [1.82, 2.24) is 4.98 Å². The fourth-order valence-corrected chi connectivity index (χ4v) is 3.34. The van der Waals surface area contributed by atoms with Gasteiger partial charge in [0, 0.05) is 19.2 Å². The molecule has 0 amide bonds. The number of alkyl halides is 3. The molecule has 0 radical (unpaired) electrons. The van der Waals surface area contributed by atoms with Gasteiger partial charge in [-0.2, -0.15) is 21.6 Å². The van der Waals surface area contributed by atoms with E-state index in [0.717, 1.165) is 17.0 Å². The van der Waals surface area contributed by atoms with E-state index in [1.807, 2.05) is 13.8 Å². The Hall–Kier alpha value is -2.33. The Kier molecular flexibility index (Phi) is 7.36. The Morgan fingerprint density at radius 2 is 1.70 bits per heavy atom. The van der Waals surface area contributed by atoms with Crippen LogP contribution in [0.1, 0.15) is 47.8 Å². The minimum Gasteiger partial charge on any atom is -0.466 e. The second kappa shape index (κ2) is 9.22. The van der Waals surface area contributed by atoms with Crippen molar-refractivity contribution in [2.45, 2.75) is 45.5 Å². The summed E-state index contributed by atoms with van der Waals surface area (Å²) in [5.74, 6) is 0.331. The minimum absolute atomic E-state index is 0.0985. The predicted molar refractivity (Wildman–Crippen MR) is 105 cm³/mol. The summed E-state index contributed by atoms with van der Waals surface area (Å²) in [4.78, 5) is 4.66. The van der Waals surface area contributed by atoms with Crippen molar-refractivity contribution in [3.05, 3.63) is 52.3 Å². The van der Waals surface area contributed by atoms with Gasteiger partial charge in [0.15, 0.2) is 6.79 Å². The molecule has 0 aliphatic carbocycles. The third kappa shape index (κ3) is 5.63. The van der Waals surface area contributed by atoms with E-state index in [2.05, 4.69) is 9.17 Å². The fourth-order valence-electron chi connectivity index (χ4n) is 2.90. The highest BCUT2D eigenvalue weighted by molar-refractivity contribution is 7.88. The second-order valence-corrected chi connectivity index (χ2v) is 8.62. The van der Waals surface area contributed by atoms with Crippen molar-refractivity contribution < 1.29 is 35.2 Å². The molecule has 0 aliphatic heterocycles. The Morgan fingerprint density at radius 1 is 1.10 bits per heavy atom. The normalized spacial score (nSPS) is 12.3. The quantitative estimate of drug-likeness (QED) is 0.334. The lowest BCUT2D eigenvalue weighted by Crippen LogP contribution is -2.28. The van der Waals surface area contributed by atoms with E-state index in [0.29, 0.717) is 23.3 Å². The van der Waals surface area contributed by atoms with Gasteiger partial charge in [-0.05, 0) is 60.7 Å². The van der Waals surface area contributed by atoms with Gasteiger partial charge in [0.05, 0.1) is 5.69 Å². The van der Waals surface area contributed by atoms with Gasteiger partial charge in [0.2, 0.25) is 0 Å². The van der Waals surface area contributed by atoms with Gasteiger partial charge in [0.25, 0.3) is 0 Å². The van der Waals surface area contributed by atoms with Gasteiger partial charge < -0.3 is 13.7 Å². The van der Waals surface area contributed by atoms with E-state index in [4.69, 9.17) is 9.47 Å². The molecule has 1 aromatic heterocycles. The average Bonchev–Trinajstić information content (AvgIpc) is 2.62. The SMILES string of the molecule is COCOc1ccc(Cc2c(C)cc(OS(=O)(=O)C(F)(F)F)cc2C)nc1C(C)C. The van der Waals surface area contributed by atoms with Gasteiger partial charge in [-0.1, -0.05) is 13.8 Å². The number of hydrogen-bond donors (Lipinski definition) is 0. The molecule has 10 heteroatoms. The smallest absolute Gasteiger partial charge is 0.466 e. The number of aryl methyl sites for hydroxylation is 2. The third-order valence-corrected chi connectivity index (χ3v) is 5.32. The molecule has 2 aromatic rings.